The fourth-order valence-electron chi connectivity index (χ4n) is 0.761. The molecule has 0 saturated carbocycles. The Bertz CT molecular complexity index is 230. The molecule has 0 aromatic carbocycles. The molecule has 0 saturated heterocycles. The molecule has 2 heteroatoms. The van der Waals surface area contributed by atoms with E-state index in [2.05, 4.69) is 6.08 Å². The van der Waals surface area contributed by atoms with Crippen molar-refractivity contribution in [2.24, 2.45) is 0 Å². The number of carbonyl (C=O) groups excluding carboxylic acids is 1. The maximum Gasteiger partial charge on any atom is 0.141 e. The average molecular weight is 135 g/mol. The maximum absolute atomic E-state index is 10.2. The van der Waals surface area contributed by atoms with Gasteiger partial charge >= 0.3 is 0 Å². The van der Waals surface area contributed by atoms with Gasteiger partial charge in [-0.15, -0.1) is 0 Å². The molecule has 1 aliphatic carbocycles. The highest BCUT2D eigenvalue weighted by atomic mass is 16.5. The Morgan fingerprint density at radius 1 is 1.80 bits per heavy atom. The van der Waals surface area contributed by atoms with Gasteiger partial charge in [0.2, 0.25) is 0 Å². The Labute approximate surface area is 59.5 Å². The van der Waals surface area contributed by atoms with Gasteiger partial charge in [0.25, 0.3) is 0 Å². The van der Waals surface area contributed by atoms with Crippen molar-refractivity contribution >= 4 is 5.94 Å². The maximum atomic E-state index is 10.2. The lowest BCUT2D eigenvalue weighted by Crippen LogP contribution is -1.95. The van der Waals surface area contributed by atoms with Gasteiger partial charge in [-0.1, -0.05) is 12.2 Å². The summed E-state index contributed by atoms with van der Waals surface area (Å²) in [4.78, 5) is 10.2. The first-order valence-electron chi connectivity index (χ1n) is 2.95. The highest BCUT2D eigenvalue weighted by Crippen LogP contribution is 2.15. The van der Waals surface area contributed by atoms with Crippen molar-refractivity contribution in [2.75, 3.05) is 7.11 Å². The van der Waals surface area contributed by atoms with E-state index >= 15 is 0 Å². The van der Waals surface area contributed by atoms with E-state index in [1.54, 1.807) is 12.0 Å². The molecule has 2 nitrogen and oxygen atoms in total. The summed E-state index contributed by atoms with van der Waals surface area (Å²) >= 11 is 0. The molecule has 0 aromatic heterocycles. The van der Waals surface area contributed by atoms with Crippen molar-refractivity contribution in [3.63, 3.8) is 0 Å². The topological polar surface area (TPSA) is 26.3 Å². The molecule has 0 heterocycles. The molecule has 0 aromatic rings. The molecule has 0 amide bonds. The normalized spacial score (nSPS) is 16.1. The van der Waals surface area contributed by atoms with Gasteiger partial charge in [0, 0.05) is 12.5 Å². The first-order chi connectivity index (χ1) is 4.88. The van der Waals surface area contributed by atoms with Crippen molar-refractivity contribution in [3.05, 3.63) is 29.6 Å². The van der Waals surface area contributed by atoms with Crippen LogP contribution in [0.25, 0.3) is 0 Å². The zero-order valence-corrected chi connectivity index (χ0v) is 5.68. The second-order valence-electron chi connectivity index (χ2n) is 1.86. The van der Waals surface area contributed by atoms with Gasteiger partial charge in [0.1, 0.15) is 11.7 Å². The number of allylic oxidation sites excluding steroid dienone is 4. The summed E-state index contributed by atoms with van der Waals surface area (Å²) in [7, 11) is 1.51. The Kier molecular flexibility index (Phi) is 2.08. The standard InChI is InChI=1S/C8H7O2/c1-10-8-5-3-2-4-7(8)6-9/h2-3H,4H2,1H3. The van der Waals surface area contributed by atoms with Crippen LogP contribution in [-0.2, 0) is 9.53 Å². The lowest BCUT2D eigenvalue weighted by Gasteiger charge is -2.06. The van der Waals surface area contributed by atoms with E-state index in [-0.39, 0.29) is 0 Å². The van der Waals surface area contributed by atoms with E-state index in [4.69, 9.17) is 4.74 Å². The minimum Gasteiger partial charge on any atom is -0.495 e. The van der Waals surface area contributed by atoms with Crippen LogP contribution in [0.3, 0.4) is 0 Å². The second kappa shape index (κ2) is 3.04. The van der Waals surface area contributed by atoms with Crippen LogP contribution >= 0.6 is 0 Å². The first kappa shape index (κ1) is 6.84. The third kappa shape index (κ3) is 1.17. The summed E-state index contributed by atoms with van der Waals surface area (Å²) in [6.45, 7) is 0. The smallest absolute Gasteiger partial charge is 0.141 e. The summed E-state index contributed by atoms with van der Waals surface area (Å²) in [5, 5.41) is 0. The predicted molar refractivity (Wildman–Crippen MR) is 36.7 cm³/mol. The molecule has 51 valence electrons. The van der Waals surface area contributed by atoms with Gasteiger partial charge in [0.15, 0.2) is 0 Å². The summed E-state index contributed by atoms with van der Waals surface area (Å²) in [6, 6.07) is 0. The van der Waals surface area contributed by atoms with Crippen molar-refractivity contribution < 1.29 is 9.53 Å². The first-order valence-corrected chi connectivity index (χ1v) is 2.95. The van der Waals surface area contributed by atoms with Crippen LogP contribution in [0, 0.1) is 6.08 Å². The van der Waals surface area contributed by atoms with E-state index in [0.29, 0.717) is 17.8 Å². The van der Waals surface area contributed by atoms with Gasteiger partial charge < -0.3 is 4.74 Å². The quantitative estimate of drug-likeness (QED) is 0.502. The molecule has 0 unspecified atom stereocenters. The summed E-state index contributed by atoms with van der Waals surface area (Å²) in [6.07, 6.45) is 6.95. The van der Waals surface area contributed by atoms with E-state index < -0.39 is 0 Å². The summed E-state index contributed by atoms with van der Waals surface area (Å²) in [5.74, 6) is 2.29. The van der Waals surface area contributed by atoms with Crippen molar-refractivity contribution in [1.29, 1.82) is 0 Å². The van der Waals surface area contributed by atoms with Crippen LogP contribution in [0.1, 0.15) is 6.42 Å². The van der Waals surface area contributed by atoms with Crippen molar-refractivity contribution in [1.82, 2.24) is 0 Å². The van der Waals surface area contributed by atoms with Crippen LogP contribution in [0.4, 0.5) is 0 Å². The van der Waals surface area contributed by atoms with E-state index in [9.17, 15) is 4.79 Å². The van der Waals surface area contributed by atoms with E-state index in [0.717, 1.165) is 0 Å². The number of ether oxygens (including phenoxy) is 1. The zero-order valence-electron chi connectivity index (χ0n) is 5.68. The van der Waals surface area contributed by atoms with Crippen LogP contribution in [0.15, 0.2) is 23.5 Å². The lowest BCUT2D eigenvalue weighted by atomic mass is 10.1. The number of rotatable bonds is 1. The molecule has 10 heavy (non-hydrogen) atoms. The number of methoxy groups -OCH3 is 1. The Morgan fingerprint density at radius 2 is 2.60 bits per heavy atom. The third-order valence-corrected chi connectivity index (χ3v) is 1.26. The monoisotopic (exact) mass is 135 g/mol. The minimum absolute atomic E-state index is 0.498. The SMILES string of the molecule is COC1=[C]C=CCC1=C=O. The number of hydrogen-bond donors (Lipinski definition) is 0. The minimum atomic E-state index is 0.498. The fourth-order valence-corrected chi connectivity index (χ4v) is 0.761. The molecule has 0 N–H and O–H groups in total. The Morgan fingerprint density at radius 3 is 3.10 bits per heavy atom. The van der Waals surface area contributed by atoms with E-state index in [1.807, 2.05) is 6.08 Å². The van der Waals surface area contributed by atoms with Gasteiger partial charge in [-0.3, -0.25) is 0 Å². The second-order valence-corrected chi connectivity index (χ2v) is 1.86. The fraction of sp³-hybridized carbons (Fsp3) is 0.250. The molecule has 0 fully saturated rings. The third-order valence-electron chi connectivity index (χ3n) is 1.26. The Hall–Kier alpha value is -1.27. The molecular formula is C8H7O2. The lowest BCUT2D eigenvalue weighted by molar-refractivity contribution is 0.297. The zero-order chi connectivity index (χ0) is 7.40. The molecule has 1 radical (unpaired) electrons. The number of hydrogen-bond acceptors (Lipinski definition) is 2. The average Bonchev–Trinajstić information content (AvgIpc) is 2.04. The van der Waals surface area contributed by atoms with Gasteiger partial charge in [0.05, 0.1) is 12.7 Å². The van der Waals surface area contributed by atoms with Crippen molar-refractivity contribution in [3.8, 4) is 0 Å². The molecule has 1 aliphatic rings. The highest BCUT2D eigenvalue weighted by molar-refractivity contribution is 5.60. The molecule has 1 rings (SSSR count). The molecule has 0 aliphatic heterocycles. The molecule has 0 bridgehead atoms. The highest BCUT2D eigenvalue weighted by Gasteiger charge is 2.06. The predicted octanol–water partition coefficient (Wildman–Crippen LogP) is 1.04. The van der Waals surface area contributed by atoms with Crippen molar-refractivity contribution in [2.45, 2.75) is 6.42 Å². The Balaban J connectivity index is 2.91. The van der Waals surface area contributed by atoms with Crippen LogP contribution < -0.4 is 0 Å². The van der Waals surface area contributed by atoms with Crippen LogP contribution in [0.5, 0.6) is 0 Å². The largest absolute Gasteiger partial charge is 0.495 e. The molecule has 0 spiro atoms. The summed E-state index contributed by atoms with van der Waals surface area (Å²) in [5.41, 5.74) is 0.532. The molecule has 0 atom stereocenters. The van der Waals surface area contributed by atoms with Gasteiger partial charge in [-0.05, 0) is 0 Å². The molecular weight excluding hydrogens is 128 g/mol. The van der Waals surface area contributed by atoms with Crippen LogP contribution in [-0.4, -0.2) is 13.1 Å². The van der Waals surface area contributed by atoms with Gasteiger partial charge in [-0.2, -0.15) is 0 Å². The summed E-state index contributed by atoms with van der Waals surface area (Å²) < 4.78 is 4.85. The van der Waals surface area contributed by atoms with Crippen LogP contribution in [0.2, 0.25) is 0 Å². The van der Waals surface area contributed by atoms with E-state index in [1.165, 1.54) is 7.11 Å². The van der Waals surface area contributed by atoms with Gasteiger partial charge in [-0.25, -0.2) is 4.79 Å².